The number of carbonyl (C=O) groups excluding carboxylic acids is 3. The molecule has 1 aliphatic carbocycles. The van der Waals surface area contributed by atoms with E-state index in [1.165, 1.54) is 6.07 Å². The van der Waals surface area contributed by atoms with Crippen molar-refractivity contribution in [2.75, 3.05) is 18.5 Å². The maximum Gasteiger partial charge on any atom is 0.308 e. The Balaban J connectivity index is 1.63. The van der Waals surface area contributed by atoms with Crippen LogP contribution in [-0.2, 0) is 19.7 Å². The van der Waals surface area contributed by atoms with Gasteiger partial charge in [0.2, 0.25) is 5.91 Å². The number of nitrogens with zero attached hydrogens (tertiary/aromatic N) is 1. The molecule has 0 radical (unpaired) electrons. The molecular weight excluding hydrogens is 507 g/mol. The Morgan fingerprint density at radius 1 is 1.02 bits per heavy atom. The number of hydrogen-bond donors (Lipinski definition) is 1. The number of hydrogen-bond acceptors (Lipinski definition) is 4. The van der Waals surface area contributed by atoms with Crippen LogP contribution in [0, 0.1) is 30.5 Å². The Morgan fingerprint density at radius 2 is 1.73 bits per heavy atom. The summed E-state index contributed by atoms with van der Waals surface area (Å²) >= 11 is 0. The van der Waals surface area contributed by atoms with Crippen LogP contribution >= 0.6 is 0 Å². The minimum atomic E-state index is -0.541. The molecule has 0 bridgehead atoms. The van der Waals surface area contributed by atoms with Gasteiger partial charge in [0.15, 0.2) is 0 Å². The van der Waals surface area contributed by atoms with Gasteiger partial charge in [0, 0.05) is 18.3 Å². The van der Waals surface area contributed by atoms with Crippen molar-refractivity contribution in [2.45, 2.75) is 84.6 Å². The Kier molecular flexibility index (Phi) is 9.32. The van der Waals surface area contributed by atoms with Gasteiger partial charge < -0.3 is 15.0 Å². The zero-order valence-electron chi connectivity index (χ0n) is 24.5. The van der Waals surface area contributed by atoms with Crippen LogP contribution in [0.2, 0.25) is 0 Å². The molecule has 1 saturated heterocycles. The van der Waals surface area contributed by atoms with E-state index in [0.29, 0.717) is 57.2 Å². The van der Waals surface area contributed by atoms with Gasteiger partial charge in [-0.1, -0.05) is 45.0 Å². The van der Waals surface area contributed by atoms with E-state index in [9.17, 15) is 18.8 Å². The molecule has 1 N–H and O–H groups in total. The number of anilines is 1. The average molecular weight is 551 g/mol. The summed E-state index contributed by atoms with van der Waals surface area (Å²) in [6, 6.07) is 12.2. The molecule has 1 heterocycles. The van der Waals surface area contributed by atoms with Crippen LogP contribution in [0.1, 0.15) is 87.7 Å². The number of halogens is 1. The fourth-order valence-electron chi connectivity index (χ4n) is 6.43. The van der Waals surface area contributed by atoms with Crippen molar-refractivity contribution < 1.29 is 23.5 Å². The van der Waals surface area contributed by atoms with Gasteiger partial charge in [0.05, 0.1) is 24.0 Å². The molecule has 2 aliphatic rings. The summed E-state index contributed by atoms with van der Waals surface area (Å²) in [5.41, 5.74) is 2.45. The van der Waals surface area contributed by atoms with Crippen molar-refractivity contribution in [1.82, 2.24) is 4.90 Å². The van der Waals surface area contributed by atoms with Gasteiger partial charge in [0.25, 0.3) is 5.91 Å². The number of ether oxygens (including phenoxy) is 1. The Morgan fingerprint density at radius 3 is 2.38 bits per heavy atom. The number of nitrogens with one attached hydrogen (secondary N) is 1. The van der Waals surface area contributed by atoms with Crippen LogP contribution in [0.4, 0.5) is 10.1 Å². The first kappa shape index (κ1) is 29.8. The van der Waals surface area contributed by atoms with E-state index in [1.807, 2.05) is 18.2 Å². The van der Waals surface area contributed by atoms with E-state index < -0.39 is 11.7 Å². The normalized spacial score (nSPS) is 23.4. The predicted molar refractivity (Wildman–Crippen MR) is 155 cm³/mol. The minimum absolute atomic E-state index is 0.0265. The number of likely N-dealkylation sites (tertiary alicyclic amines) is 1. The molecular formula is C33H43FN2O4. The predicted octanol–water partition coefficient (Wildman–Crippen LogP) is 6.66. The van der Waals surface area contributed by atoms with Crippen LogP contribution in [0.3, 0.4) is 0 Å². The Labute approximate surface area is 237 Å². The summed E-state index contributed by atoms with van der Waals surface area (Å²) in [4.78, 5) is 41.9. The number of piperidine rings is 1. The van der Waals surface area contributed by atoms with Gasteiger partial charge in [-0.05, 0) is 93.0 Å². The topological polar surface area (TPSA) is 75.7 Å². The Bertz CT molecular complexity index is 1210. The standard InChI is InChI=1S/C33H43FN2O4/c1-6-40-32(39)23-17-15-22(16-18-23)29-26(30(37)35-25-12-8-11-24(20-25)33(3,4)5)13-9-19-36(29)31(38)28-21(2)10-7-14-27(28)34/h7-8,10-12,14,20,22-23,26,29H,6,9,13,15-19H2,1-5H3,(H,35,37)/t22?,23?,26-,29?/m0/s1. The highest BCUT2D eigenvalue weighted by molar-refractivity contribution is 5.98. The van der Waals surface area contributed by atoms with E-state index in [0.717, 1.165) is 11.3 Å². The number of benzene rings is 2. The summed E-state index contributed by atoms with van der Waals surface area (Å²) < 4.78 is 20.2. The van der Waals surface area contributed by atoms with E-state index in [-0.39, 0.29) is 46.6 Å². The van der Waals surface area contributed by atoms with Crippen LogP contribution in [0.5, 0.6) is 0 Å². The third-order valence-electron chi connectivity index (χ3n) is 8.59. The van der Waals surface area contributed by atoms with Gasteiger partial charge in [-0.25, -0.2) is 4.39 Å². The van der Waals surface area contributed by atoms with Gasteiger partial charge in [-0.2, -0.15) is 0 Å². The molecule has 2 aromatic carbocycles. The first-order valence-electron chi connectivity index (χ1n) is 14.6. The maximum atomic E-state index is 14.9. The van der Waals surface area contributed by atoms with Crippen molar-refractivity contribution >= 4 is 23.5 Å². The number of rotatable bonds is 6. The molecule has 2 fully saturated rings. The first-order chi connectivity index (χ1) is 19.0. The van der Waals surface area contributed by atoms with Crippen molar-refractivity contribution in [3.8, 4) is 0 Å². The van der Waals surface area contributed by atoms with E-state index in [1.54, 1.807) is 30.9 Å². The first-order valence-corrected chi connectivity index (χ1v) is 14.6. The zero-order chi connectivity index (χ0) is 29.0. The van der Waals surface area contributed by atoms with Gasteiger partial charge >= 0.3 is 5.97 Å². The van der Waals surface area contributed by atoms with Gasteiger partial charge in [-0.15, -0.1) is 0 Å². The molecule has 6 nitrogen and oxygen atoms in total. The maximum absolute atomic E-state index is 14.9. The second kappa shape index (κ2) is 12.5. The molecule has 1 aliphatic heterocycles. The second-order valence-corrected chi connectivity index (χ2v) is 12.4. The van der Waals surface area contributed by atoms with Gasteiger partial charge in [-0.3, -0.25) is 14.4 Å². The number of carbonyl (C=O) groups is 3. The second-order valence-electron chi connectivity index (χ2n) is 12.4. The van der Waals surface area contributed by atoms with E-state index >= 15 is 0 Å². The van der Waals surface area contributed by atoms with Crippen LogP contribution in [0.15, 0.2) is 42.5 Å². The van der Waals surface area contributed by atoms with Crippen molar-refractivity contribution in [2.24, 2.45) is 17.8 Å². The monoisotopic (exact) mass is 550 g/mol. The molecule has 0 aromatic heterocycles. The fourth-order valence-corrected chi connectivity index (χ4v) is 6.43. The summed E-state index contributed by atoms with van der Waals surface area (Å²) in [5, 5.41) is 3.13. The molecule has 216 valence electrons. The molecule has 2 aromatic rings. The lowest BCUT2D eigenvalue weighted by molar-refractivity contribution is -0.150. The molecule has 7 heteroatoms. The molecule has 40 heavy (non-hydrogen) atoms. The Hall–Kier alpha value is -3.22. The molecule has 1 unspecified atom stereocenters. The van der Waals surface area contributed by atoms with Crippen molar-refractivity contribution in [1.29, 1.82) is 0 Å². The number of aryl methyl sites for hydroxylation is 1. The summed E-state index contributed by atoms with van der Waals surface area (Å²) in [5.74, 6) is -1.77. The molecule has 2 atom stereocenters. The lowest BCUT2D eigenvalue weighted by Crippen LogP contribution is -2.56. The van der Waals surface area contributed by atoms with E-state index in [4.69, 9.17) is 4.74 Å². The lowest BCUT2D eigenvalue weighted by atomic mass is 9.71. The third-order valence-corrected chi connectivity index (χ3v) is 8.59. The van der Waals surface area contributed by atoms with Crippen molar-refractivity contribution in [3.05, 3.63) is 65.0 Å². The van der Waals surface area contributed by atoms with Gasteiger partial charge in [0.1, 0.15) is 5.82 Å². The quantitative estimate of drug-likeness (QED) is 0.408. The molecule has 4 rings (SSSR count). The SMILES string of the molecule is CCOC(=O)C1CCC(C2[C@@H](C(=O)Nc3cccc(C(C)(C)C)c3)CCCN2C(=O)c2c(C)cccc2F)CC1. The molecule has 2 amide bonds. The summed E-state index contributed by atoms with van der Waals surface area (Å²) in [6.45, 7) is 10.8. The number of amides is 2. The fraction of sp³-hybridized carbons (Fsp3) is 0.545. The van der Waals surface area contributed by atoms with Crippen LogP contribution in [-0.4, -0.2) is 41.9 Å². The highest BCUT2D eigenvalue weighted by atomic mass is 19.1. The van der Waals surface area contributed by atoms with Crippen LogP contribution in [0.25, 0.3) is 0 Å². The third kappa shape index (κ3) is 6.56. The lowest BCUT2D eigenvalue weighted by Gasteiger charge is -2.46. The minimum Gasteiger partial charge on any atom is -0.466 e. The summed E-state index contributed by atoms with van der Waals surface area (Å²) in [6.07, 6.45) is 4.03. The number of esters is 1. The smallest absolute Gasteiger partial charge is 0.308 e. The van der Waals surface area contributed by atoms with Crippen molar-refractivity contribution in [3.63, 3.8) is 0 Å². The molecule has 0 spiro atoms. The average Bonchev–Trinajstić information content (AvgIpc) is 2.92. The zero-order valence-corrected chi connectivity index (χ0v) is 24.5. The molecule has 1 saturated carbocycles. The highest BCUT2D eigenvalue weighted by Gasteiger charge is 2.45. The van der Waals surface area contributed by atoms with E-state index in [2.05, 4.69) is 32.2 Å². The summed E-state index contributed by atoms with van der Waals surface area (Å²) in [7, 11) is 0. The highest BCUT2D eigenvalue weighted by Crippen LogP contribution is 2.40. The van der Waals surface area contributed by atoms with Crippen LogP contribution < -0.4 is 5.32 Å². The largest absolute Gasteiger partial charge is 0.466 e.